The summed E-state index contributed by atoms with van der Waals surface area (Å²) in [5, 5.41) is 1.13. The second-order valence-electron chi connectivity index (χ2n) is 3.47. The van der Waals surface area contributed by atoms with Crippen molar-refractivity contribution in [3.05, 3.63) is 42.1 Å². The van der Waals surface area contributed by atoms with Gasteiger partial charge >= 0.3 is 0 Å². The lowest BCUT2D eigenvalue weighted by Crippen LogP contribution is -2.10. The maximum Gasteiger partial charge on any atom is 0.0714 e. The molecule has 0 radical (unpaired) electrons. The Hall–Kier alpha value is -1.85. The van der Waals surface area contributed by atoms with Gasteiger partial charge in [-0.15, -0.1) is 0 Å². The van der Waals surface area contributed by atoms with Gasteiger partial charge in [-0.2, -0.15) is 0 Å². The van der Waals surface area contributed by atoms with Crippen molar-refractivity contribution in [2.24, 2.45) is 5.73 Å². The van der Waals surface area contributed by atoms with Crippen LogP contribution in [0.4, 0.5) is 0 Å². The molecule has 1 aromatic carbocycles. The van der Waals surface area contributed by atoms with Crippen LogP contribution in [0.3, 0.4) is 0 Å². The number of nitrogens with two attached hydrogens (primary N) is 1. The number of fused-ring (bicyclic) bond motifs is 1. The van der Waals surface area contributed by atoms with E-state index >= 15 is 0 Å². The lowest BCUT2D eigenvalue weighted by Gasteiger charge is -1.96. The minimum absolute atomic E-state index is 0.0931. The molecule has 74 valence electrons. The third-order valence-electron chi connectivity index (χ3n) is 2.05. The Bertz CT molecular complexity index is 533. The van der Waals surface area contributed by atoms with Gasteiger partial charge in [0.05, 0.1) is 11.6 Å². The maximum absolute atomic E-state index is 5.56. The smallest absolute Gasteiger partial charge is 0.0714 e. The van der Waals surface area contributed by atoms with Gasteiger partial charge in [0, 0.05) is 17.1 Å². The van der Waals surface area contributed by atoms with E-state index in [0.29, 0.717) is 0 Å². The van der Waals surface area contributed by atoms with Gasteiger partial charge in [0.1, 0.15) is 0 Å². The molecule has 0 saturated heterocycles. The fraction of sp³-hybridized carbons (Fsp3) is 0.154. The van der Waals surface area contributed by atoms with E-state index in [4.69, 9.17) is 5.73 Å². The number of aromatic nitrogens is 1. The molecule has 2 aromatic rings. The van der Waals surface area contributed by atoms with Gasteiger partial charge in [-0.3, -0.25) is 4.98 Å². The Morgan fingerprint density at radius 3 is 3.00 bits per heavy atom. The summed E-state index contributed by atoms with van der Waals surface area (Å²) < 4.78 is 0. The summed E-state index contributed by atoms with van der Waals surface area (Å²) in [6, 6.07) is 9.85. The molecule has 1 heterocycles. The first kappa shape index (κ1) is 9.70. The van der Waals surface area contributed by atoms with Crippen LogP contribution in [0.2, 0.25) is 0 Å². The predicted octanol–water partition coefficient (Wildman–Crippen LogP) is 1.93. The van der Waals surface area contributed by atoms with Crippen LogP contribution in [0.5, 0.6) is 0 Å². The molecule has 0 fully saturated rings. The number of hydrogen-bond acceptors (Lipinski definition) is 2. The van der Waals surface area contributed by atoms with Crippen molar-refractivity contribution < 1.29 is 0 Å². The monoisotopic (exact) mass is 196 g/mol. The minimum atomic E-state index is -0.0931. The minimum Gasteiger partial charge on any atom is -0.318 e. The molecule has 1 atom stereocenters. The summed E-state index contributed by atoms with van der Waals surface area (Å²) in [7, 11) is 0. The summed E-state index contributed by atoms with van der Waals surface area (Å²) in [4.78, 5) is 4.27. The summed E-state index contributed by atoms with van der Waals surface area (Å²) >= 11 is 0. The van der Waals surface area contributed by atoms with Crippen molar-refractivity contribution in [1.29, 1.82) is 0 Å². The van der Waals surface area contributed by atoms with Crippen LogP contribution in [0.15, 0.2) is 36.5 Å². The molecule has 15 heavy (non-hydrogen) atoms. The second-order valence-corrected chi connectivity index (χ2v) is 3.47. The van der Waals surface area contributed by atoms with E-state index < -0.39 is 0 Å². The van der Waals surface area contributed by atoms with E-state index in [1.807, 2.05) is 37.3 Å². The molecule has 0 saturated carbocycles. The zero-order chi connectivity index (χ0) is 10.7. The Kier molecular flexibility index (Phi) is 2.66. The third-order valence-corrected chi connectivity index (χ3v) is 2.05. The molecule has 1 aromatic heterocycles. The highest BCUT2D eigenvalue weighted by atomic mass is 14.6. The molecule has 2 rings (SSSR count). The molecule has 0 amide bonds. The topological polar surface area (TPSA) is 38.9 Å². The molecule has 1 unspecified atom stereocenters. The number of rotatable bonds is 0. The van der Waals surface area contributed by atoms with E-state index in [1.54, 1.807) is 6.20 Å². The van der Waals surface area contributed by atoms with Gasteiger partial charge in [-0.25, -0.2) is 0 Å². The second kappa shape index (κ2) is 4.12. The molecule has 0 aliphatic heterocycles. The molecular formula is C13H12N2. The Labute approximate surface area is 89.1 Å². The van der Waals surface area contributed by atoms with Gasteiger partial charge in [0.2, 0.25) is 0 Å². The van der Waals surface area contributed by atoms with Gasteiger partial charge in [-0.1, -0.05) is 24.0 Å². The van der Waals surface area contributed by atoms with E-state index in [2.05, 4.69) is 16.8 Å². The lowest BCUT2D eigenvalue weighted by atomic mass is 10.1. The van der Waals surface area contributed by atoms with Gasteiger partial charge < -0.3 is 5.73 Å². The highest BCUT2D eigenvalue weighted by molar-refractivity contribution is 5.79. The lowest BCUT2D eigenvalue weighted by molar-refractivity contribution is 0.959. The molecular weight excluding hydrogens is 184 g/mol. The molecule has 0 aliphatic carbocycles. The summed E-state index contributed by atoms with van der Waals surface area (Å²) in [5.41, 5.74) is 7.49. The summed E-state index contributed by atoms with van der Waals surface area (Å²) in [6.07, 6.45) is 1.78. The Morgan fingerprint density at radius 1 is 1.33 bits per heavy atom. The van der Waals surface area contributed by atoms with Gasteiger partial charge in [-0.05, 0) is 25.1 Å². The van der Waals surface area contributed by atoms with Gasteiger partial charge in [0.25, 0.3) is 0 Å². The Morgan fingerprint density at radius 2 is 2.20 bits per heavy atom. The van der Waals surface area contributed by atoms with E-state index in [-0.39, 0.29) is 6.04 Å². The standard InChI is InChI=1S/C13H12N2/c1-10(14)4-5-11-6-7-12-3-2-8-15-13(12)9-11/h2-3,6-10H,14H2,1H3. The van der Waals surface area contributed by atoms with Crippen molar-refractivity contribution in [1.82, 2.24) is 4.98 Å². The zero-order valence-corrected chi connectivity index (χ0v) is 8.57. The SMILES string of the molecule is CC(N)C#Cc1ccc2cccnc2c1. The first-order valence-electron chi connectivity index (χ1n) is 4.87. The Balaban J connectivity index is 2.44. The number of nitrogens with zero attached hydrogens (tertiary/aromatic N) is 1. The number of benzene rings is 1. The van der Waals surface area contributed by atoms with Crippen LogP contribution in [0.25, 0.3) is 10.9 Å². The largest absolute Gasteiger partial charge is 0.318 e. The molecule has 0 spiro atoms. The van der Waals surface area contributed by atoms with Crippen molar-refractivity contribution >= 4 is 10.9 Å². The fourth-order valence-corrected chi connectivity index (χ4v) is 1.34. The number of pyridine rings is 1. The van der Waals surface area contributed by atoms with E-state index in [9.17, 15) is 0 Å². The molecule has 0 aliphatic rings. The number of hydrogen-bond donors (Lipinski definition) is 1. The maximum atomic E-state index is 5.56. The van der Waals surface area contributed by atoms with Crippen LogP contribution in [-0.4, -0.2) is 11.0 Å². The highest BCUT2D eigenvalue weighted by Crippen LogP contribution is 2.12. The first-order valence-corrected chi connectivity index (χ1v) is 4.87. The third kappa shape index (κ3) is 2.34. The zero-order valence-electron chi connectivity index (χ0n) is 8.57. The quantitative estimate of drug-likeness (QED) is 0.654. The predicted molar refractivity (Wildman–Crippen MR) is 62.3 cm³/mol. The van der Waals surface area contributed by atoms with E-state index in [0.717, 1.165) is 16.5 Å². The van der Waals surface area contributed by atoms with Crippen LogP contribution < -0.4 is 5.73 Å². The molecule has 0 bridgehead atoms. The van der Waals surface area contributed by atoms with E-state index in [1.165, 1.54) is 0 Å². The van der Waals surface area contributed by atoms with Gasteiger partial charge in [0.15, 0.2) is 0 Å². The average Bonchev–Trinajstić information content (AvgIpc) is 2.26. The van der Waals surface area contributed by atoms with Crippen LogP contribution in [0, 0.1) is 11.8 Å². The van der Waals surface area contributed by atoms with Crippen molar-refractivity contribution in [3.8, 4) is 11.8 Å². The fourth-order valence-electron chi connectivity index (χ4n) is 1.34. The molecule has 2 heteroatoms. The molecule has 2 N–H and O–H groups in total. The molecule has 2 nitrogen and oxygen atoms in total. The van der Waals surface area contributed by atoms with Crippen LogP contribution >= 0.6 is 0 Å². The van der Waals surface area contributed by atoms with Crippen LogP contribution in [0.1, 0.15) is 12.5 Å². The highest BCUT2D eigenvalue weighted by Gasteiger charge is 1.94. The normalized spacial score (nSPS) is 11.9. The summed E-state index contributed by atoms with van der Waals surface area (Å²) in [5.74, 6) is 5.95. The summed E-state index contributed by atoms with van der Waals surface area (Å²) in [6.45, 7) is 1.87. The van der Waals surface area contributed by atoms with Crippen molar-refractivity contribution in [2.75, 3.05) is 0 Å². The van der Waals surface area contributed by atoms with Crippen molar-refractivity contribution in [3.63, 3.8) is 0 Å². The van der Waals surface area contributed by atoms with Crippen molar-refractivity contribution in [2.45, 2.75) is 13.0 Å². The first-order chi connectivity index (χ1) is 7.25. The average molecular weight is 196 g/mol. The van der Waals surface area contributed by atoms with Crippen LogP contribution in [-0.2, 0) is 0 Å².